The fourth-order valence-corrected chi connectivity index (χ4v) is 1.66. The van der Waals surface area contributed by atoms with Crippen molar-refractivity contribution >= 4 is 11.4 Å². The smallest absolute Gasteiger partial charge is 0.279 e. The summed E-state index contributed by atoms with van der Waals surface area (Å²) < 4.78 is 1.43. The van der Waals surface area contributed by atoms with Crippen molar-refractivity contribution in [3.63, 3.8) is 0 Å². The quantitative estimate of drug-likeness (QED) is 0.601. The van der Waals surface area contributed by atoms with Gasteiger partial charge in [-0.15, -0.1) is 0 Å². The molecule has 7 heteroatoms. The molecule has 7 nitrogen and oxygen atoms in total. The van der Waals surface area contributed by atoms with Crippen LogP contribution in [0.15, 0.2) is 24.4 Å². The number of hydrogen-bond acceptors (Lipinski definition) is 5. The fraction of sp³-hybridized carbons (Fsp3) is 0.100. The van der Waals surface area contributed by atoms with Crippen molar-refractivity contribution in [1.29, 1.82) is 0 Å². The van der Waals surface area contributed by atoms with Gasteiger partial charge in [0.25, 0.3) is 5.69 Å². The Morgan fingerprint density at radius 2 is 2.24 bits per heavy atom. The monoisotopic (exact) mass is 234 g/mol. The van der Waals surface area contributed by atoms with Gasteiger partial charge < -0.3 is 10.8 Å². The van der Waals surface area contributed by atoms with Crippen LogP contribution in [-0.4, -0.2) is 19.8 Å². The van der Waals surface area contributed by atoms with E-state index >= 15 is 0 Å². The van der Waals surface area contributed by atoms with Crippen LogP contribution in [0.25, 0.3) is 11.3 Å². The van der Waals surface area contributed by atoms with E-state index in [2.05, 4.69) is 5.10 Å². The van der Waals surface area contributed by atoms with Crippen LogP contribution in [0.1, 0.15) is 0 Å². The zero-order chi connectivity index (χ0) is 12.6. The number of benzene rings is 1. The van der Waals surface area contributed by atoms with Gasteiger partial charge in [0, 0.05) is 13.1 Å². The van der Waals surface area contributed by atoms with E-state index in [4.69, 9.17) is 5.73 Å². The van der Waals surface area contributed by atoms with Crippen molar-refractivity contribution in [3.8, 4) is 17.0 Å². The van der Waals surface area contributed by atoms with Gasteiger partial charge in [0.05, 0.1) is 28.1 Å². The number of hydrogen-bond donors (Lipinski definition) is 2. The van der Waals surface area contributed by atoms with E-state index in [1.807, 2.05) is 0 Å². The van der Waals surface area contributed by atoms with Gasteiger partial charge in [-0.1, -0.05) is 0 Å². The number of nitrogen functional groups attached to an aromatic ring is 1. The normalized spacial score (nSPS) is 10.4. The number of aromatic hydroxyl groups is 1. The van der Waals surface area contributed by atoms with Crippen molar-refractivity contribution in [3.05, 3.63) is 34.5 Å². The summed E-state index contributed by atoms with van der Waals surface area (Å²) in [6, 6.07) is 3.79. The average Bonchev–Trinajstić information content (AvgIpc) is 2.58. The molecule has 0 fully saturated rings. The molecular formula is C10H10N4O3. The molecule has 0 atom stereocenters. The molecule has 0 spiro atoms. The lowest BCUT2D eigenvalue weighted by atomic mass is 10.1. The van der Waals surface area contributed by atoms with Crippen LogP contribution >= 0.6 is 0 Å². The fourth-order valence-electron chi connectivity index (χ4n) is 1.66. The predicted molar refractivity (Wildman–Crippen MR) is 61.4 cm³/mol. The van der Waals surface area contributed by atoms with Crippen LogP contribution in [-0.2, 0) is 7.05 Å². The maximum atomic E-state index is 10.9. The summed E-state index contributed by atoms with van der Waals surface area (Å²) in [5, 5.41) is 24.2. The Kier molecular flexibility index (Phi) is 2.43. The summed E-state index contributed by atoms with van der Waals surface area (Å²) in [5.74, 6) is -0.0637. The molecule has 1 heterocycles. The second kappa shape index (κ2) is 3.78. The highest BCUT2D eigenvalue weighted by Crippen LogP contribution is 2.35. The molecule has 0 bridgehead atoms. The molecule has 2 rings (SSSR count). The summed E-state index contributed by atoms with van der Waals surface area (Å²) in [6.07, 6.45) is 1.41. The minimum absolute atomic E-state index is 0.0637. The molecule has 0 amide bonds. The highest BCUT2D eigenvalue weighted by Gasteiger charge is 2.20. The second-order valence-corrected chi connectivity index (χ2v) is 3.53. The van der Waals surface area contributed by atoms with Crippen molar-refractivity contribution in [1.82, 2.24) is 9.78 Å². The number of nitrogens with two attached hydrogens (primary N) is 1. The maximum absolute atomic E-state index is 10.9. The van der Waals surface area contributed by atoms with Gasteiger partial charge in [0.15, 0.2) is 0 Å². The van der Waals surface area contributed by atoms with Crippen LogP contribution < -0.4 is 5.73 Å². The Morgan fingerprint density at radius 1 is 1.53 bits per heavy atom. The molecule has 88 valence electrons. The Morgan fingerprint density at radius 3 is 2.76 bits per heavy atom. The molecule has 17 heavy (non-hydrogen) atoms. The predicted octanol–water partition coefficient (Wildman–Crippen LogP) is 1.28. The summed E-state index contributed by atoms with van der Waals surface area (Å²) in [7, 11) is 1.62. The third-order valence-corrected chi connectivity index (χ3v) is 2.40. The molecule has 0 unspecified atom stereocenters. The van der Waals surface area contributed by atoms with Gasteiger partial charge in [0.2, 0.25) is 0 Å². The number of anilines is 1. The Labute approximate surface area is 96.2 Å². The lowest BCUT2D eigenvalue weighted by molar-refractivity contribution is -0.384. The van der Waals surface area contributed by atoms with Crippen LogP contribution in [0.2, 0.25) is 0 Å². The average molecular weight is 234 g/mol. The number of phenolic OH excluding ortho intramolecular Hbond substituents is 1. The molecule has 0 aliphatic heterocycles. The molecule has 1 aromatic heterocycles. The molecule has 1 aromatic carbocycles. The molecule has 2 aromatic rings. The first kappa shape index (κ1) is 10.9. The Bertz CT molecular complexity index is 572. The lowest BCUT2D eigenvalue weighted by Gasteiger charge is -2.05. The second-order valence-electron chi connectivity index (χ2n) is 3.53. The van der Waals surface area contributed by atoms with Crippen molar-refractivity contribution < 1.29 is 10.0 Å². The van der Waals surface area contributed by atoms with Gasteiger partial charge in [-0.05, 0) is 12.1 Å². The summed E-state index contributed by atoms with van der Waals surface area (Å²) in [4.78, 5) is 10.4. The summed E-state index contributed by atoms with van der Waals surface area (Å²) in [6.45, 7) is 0. The van der Waals surface area contributed by atoms with Crippen molar-refractivity contribution in [2.75, 3.05) is 5.73 Å². The number of aryl methyl sites for hydroxylation is 1. The SMILES string of the molecule is Cn1ncc(N)c1-c1cc(O)ccc1[N+](=O)[O-]. The molecule has 3 N–H and O–H groups in total. The number of aromatic nitrogens is 2. The third-order valence-electron chi connectivity index (χ3n) is 2.40. The van der Waals surface area contributed by atoms with E-state index in [0.29, 0.717) is 11.4 Å². The topological polar surface area (TPSA) is 107 Å². The van der Waals surface area contributed by atoms with Gasteiger partial charge in [0.1, 0.15) is 5.75 Å². The molecule has 0 saturated carbocycles. The van der Waals surface area contributed by atoms with Crippen LogP contribution in [0, 0.1) is 10.1 Å². The van der Waals surface area contributed by atoms with Crippen LogP contribution in [0.3, 0.4) is 0 Å². The van der Waals surface area contributed by atoms with E-state index in [9.17, 15) is 15.2 Å². The van der Waals surface area contributed by atoms with E-state index in [1.165, 1.54) is 29.1 Å². The largest absolute Gasteiger partial charge is 0.508 e. The first-order valence-corrected chi connectivity index (χ1v) is 4.76. The van der Waals surface area contributed by atoms with Gasteiger partial charge in [-0.25, -0.2) is 0 Å². The minimum Gasteiger partial charge on any atom is -0.508 e. The van der Waals surface area contributed by atoms with Gasteiger partial charge >= 0.3 is 0 Å². The zero-order valence-electron chi connectivity index (χ0n) is 8.99. The molecule has 0 saturated heterocycles. The number of rotatable bonds is 2. The van der Waals surface area contributed by atoms with Crippen LogP contribution in [0.5, 0.6) is 5.75 Å². The number of nitro groups is 1. The van der Waals surface area contributed by atoms with E-state index in [0.717, 1.165) is 0 Å². The zero-order valence-corrected chi connectivity index (χ0v) is 8.99. The van der Waals surface area contributed by atoms with E-state index < -0.39 is 4.92 Å². The summed E-state index contributed by atoms with van der Waals surface area (Å²) in [5.41, 5.74) is 6.55. The number of nitrogens with zero attached hydrogens (tertiary/aromatic N) is 3. The first-order chi connectivity index (χ1) is 8.00. The van der Waals surface area contributed by atoms with Gasteiger partial charge in [-0.3, -0.25) is 14.8 Å². The highest BCUT2D eigenvalue weighted by molar-refractivity contribution is 5.80. The van der Waals surface area contributed by atoms with Crippen molar-refractivity contribution in [2.24, 2.45) is 7.05 Å². The van der Waals surface area contributed by atoms with Gasteiger partial charge in [-0.2, -0.15) is 5.10 Å². The first-order valence-electron chi connectivity index (χ1n) is 4.76. The van der Waals surface area contributed by atoms with E-state index in [-0.39, 0.29) is 17.0 Å². The molecule has 0 aliphatic rings. The number of phenols is 1. The molecular weight excluding hydrogens is 224 g/mol. The highest BCUT2D eigenvalue weighted by atomic mass is 16.6. The Hall–Kier alpha value is -2.57. The van der Waals surface area contributed by atoms with Crippen LogP contribution in [0.4, 0.5) is 11.4 Å². The minimum atomic E-state index is -0.527. The Balaban J connectivity index is 2.74. The maximum Gasteiger partial charge on any atom is 0.279 e. The summed E-state index contributed by atoms with van der Waals surface area (Å²) >= 11 is 0. The molecule has 0 radical (unpaired) electrons. The third kappa shape index (κ3) is 1.78. The molecule has 0 aliphatic carbocycles. The number of nitro benzene ring substituents is 1. The van der Waals surface area contributed by atoms with Crippen molar-refractivity contribution in [2.45, 2.75) is 0 Å². The standard InChI is InChI=1S/C10H10N4O3/c1-13-10(8(11)5-12-13)7-4-6(15)2-3-9(7)14(16)17/h2-5,15H,11H2,1H3. The van der Waals surface area contributed by atoms with E-state index in [1.54, 1.807) is 7.05 Å². The lowest BCUT2D eigenvalue weighted by Crippen LogP contribution is -1.99.